The van der Waals surface area contributed by atoms with Gasteiger partial charge in [0.1, 0.15) is 11.3 Å². The summed E-state index contributed by atoms with van der Waals surface area (Å²) in [6.45, 7) is -2.76. The standard InChI is InChI=1S/C17H10F2O5/c18-17(19)23-11-3-1-9(2-4-11)16(20)15-6-10-5-13-14(22-8-21-13)7-12(10)24-15/h1-7,17H,8H2. The van der Waals surface area contributed by atoms with Crippen LogP contribution in [-0.2, 0) is 0 Å². The summed E-state index contributed by atoms with van der Waals surface area (Å²) in [5.41, 5.74) is 0.802. The third-order valence-corrected chi connectivity index (χ3v) is 3.58. The SMILES string of the molecule is O=C(c1ccc(OC(F)F)cc1)c1cc2cc3c(cc2o1)OCO3. The fraction of sp³-hybridized carbons (Fsp3) is 0.118. The zero-order chi connectivity index (χ0) is 16.7. The molecule has 0 aliphatic carbocycles. The van der Waals surface area contributed by atoms with Gasteiger partial charge >= 0.3 is 6.61 Å². The Labute approximate surface area is 134 Å². The molecule has 24 heavy (non-hydrogen) atoms. The largest absolute Gasteiger partial charge is 0.454 e. The van der Waals surface area contributed by atoms with Crippen LogP contribution >= 0.6 is 0 Å². The number of hydrogen-bond donors (Lipinski definition) is 0. The molecule has 0 radical (unpaired) electrons. The van der Waals surface area contributed by atoms with Gasteiger partial charge in [0.15, 0.2) is 17.3 Å². The molecule has 0 saturated carbocycles. The molecule has 0 N–H and O–H groups in total. The van der Waals surface area contributed by atoms with E-state index in [4.69, 9.17) is 13.9 Å². The fourth-order valence-electron chi connectivity index (χ4n) is 2.47. The molecule has 0 saturated heterocycles. The number of ether oxygens (including phenoxy) is 3. The van der Waals surface area contributed by atoms with Crippen LogP contribution in [0.15, 0.2) is 46.9 Å². The smallest absolute Gasteiger partial charge is 0.387 e. The van der Waals surface area contributed by atoms with Crippen LogP contribution in [0, 0.1) is 0 Å². The van der Waals surface area contributed by atoms with E-state index in [2.05, 4.69) is 4.74 Å². The minimum atomic E-state index is -2.91. The molecule has 0 fully saturated rings. The maximum atomic E-state index is 12.5. The maximum Gasteiger partial charge on any atom is 0.387 e. The van der Waals surface area contributed by atoms with Crippen LogP contribution in [0.25, 0.3) is 11.0 Å². The quantitative estimate of drug-likeness (QED) is 0.676. The Kier molecular flexibility index (Phi) is 3.34. The van der Waals surface area contributed by atoms with Crippen LogP contribution in [0.1, 0.15) is 16.1 Å². The first-order valence-electron chi connectivity index (χ1n) is 7.03. The van der Waals surface area contributed by atoms with E-state index in [1.165, 1.54) is 24.3 Å². The summed E-state index contributed by atoms with van der Waals surface area (Å²) in [7, 11) is 0. The van der Waals surface area contributed by atoms with E-state index >= 15 is 0 Å². The topological polar surface area (TPSA) is 57.9 Å². The number of fused-ring (bicyclic) bond motifs is 2. The van der Waals surface area contributed by atoms with E-state index in [0.717, 1.165) is 0 Å². The van der Waals surface area contributed by atoms with Crippen LogP contribution < -0.4 is 14.2 Å². The molecular formula is C17H10F2O5. The lowest BCUT2D eigenvalue weighted by Gasteiger charge is -2.04. The number of ketones is 1. The average Bonchev–Trinajstić information content (AvgIpc) is 3.17. The summed E-state index contributed by atoms with van der Waals surface area (Å²) in [5.74, 6) is 0.907. The minimum absolute atomic E-state index is 0.0168. The number of carbonyl (C=O) groups is 1. The zero-order valence-electron chi connectivity index (χ0n) is 12.1. The summed E-state index contributed by atoms with van der Waals surface area (Å²) in [6.07, 6.45) is 0. The molecule has 1 aliphatic rings. The Bertz CT molecular complexity index is 874. The second kappa shape index (κ2) is 5.52. The fourth-order valence-corrected chi connectivity index (χ4v) is 2.47. The minimum Gasteiger partial charge on any atom is -0.454 e. The van der Waals surface area contributed by atoms with Gasteiger partial charge in [-0.3, -0.25) is 4.79 Å². The van der Waals surface area contributed by atoms with Crippen molar-refractivity contribution in [3.63, 3.8) is 0 Å². The van der Waals surface area contributed by atoms with E-state index in [1.807, 2.05) is 0 Å². The molecule has 0 bridgehead atoms. The van der Waals surface area contributed by atoms with Crippen molar-refractivity contribution in [1.82, 2.24) is 0 Å². The van der Waals surface area contributed by atoms with Crippen LogP contribution in [0.5, 0.6) is 17.2 Å². The Hall–Kier alpha value is -3.09. The number of alkyl halides is 2. The van der Waals surface area contributed by atoms with Gasteiger partial charge in [-0.1, -0.05) is 0 Å². The highest BCUT2D eigenvalue weighted by Gasteiger charge is 2.19. The van der Waals surface area contributed by atoms with Gasteiger partial charge < -0.3 is 18.6 Å². The van der Waals surface area contributed by atoms with Crippen molar-refractivity contribution in [1.29, 1.82) is 0 Å². The molecule has 122 valence electrons. The Morgan fingerprint density at radius 3 is 2.46 bits per heavy atom. The van der Waals surface area contributed by atoms with Crippen molar-refractivity contribution in [2.24, 2.45) is 0 Å². The molecular weight excluding hydrogens is 322 g/mol. The van der Waals surface area contributed by atoms with Gasteiger partial charge in [-0.2, -0.15) is 8.78 Å². The molecule has 5 nitrogen and oxygen atoms in total. The third kappa shape index (κ3) is 2.54. The highest BCUT2D eigenvalue weighted by Crippen LogP contribution is 2.37. The molecule has 1 aliphatic heterocycles. The van der Waals surface area contributed by atoms with Crippen molar-refractivity contribution >= 4 is 16.8 Å². The first-order valence-corrected chi connectivity index (χ1v) is 7.03. The van der Waals surface area contributed by atoms with Crippen molar-refractivity contribution < 1.29 is 32.2 Å². The van der Waals surface area contributed by atoms with Crippen LogP contribution in [0.3, 0.4) is 0 Å². The third-order valence-electron chi connectivity index (χ3n) is 3.58. The summed E-state index contributed by atoms with van der Waals surface area (Å²) in [4.78, 5) is 12.5. The van der Waals surface area contributed by atoms with Crippen LogP contribution in [-0.4, -0.2) is 19.2 Å². The molecule has 3 aromatic rings. The molecule has 2 heterocycles. The van der Waals surface area contributed by atoms with Crippen molar-refractivity contribution in [2.45, 2.75) is 6.61 Å². The number of hydrogen-bond acceptors (Lipinski definition) is 5. The van der Waals surface area contributed by atoms with E-state index in [-0.39, 0.29) is 24.1 Å². The summed E-state index contributed by atoms with van der Waals surface area (Å²) < 4.78 is 44.6. The molecule has 0 atom stereocenters. The van der Waals surface area contributed by atoms with Crippen LogP contribution in [0.4, 0.5) is 8.78 Å². The Balaban J connectivity index is 1.63. The van der Waals surface area contributed by atoms with Gasteiger partial charge in [0.25, 0.3) is 0 Å². The van der Waals surface area contributed by atoms with Gasteiger partial charge in [-0.25, -0.2) is 0 Å². The second-order valence-corrected chi connectivity index (χ2v) is 5.09. The first-order chi connectivity index (χ1) is 11.6. The lowest BCUT2D eigenvalue weighted by Crippen LogP contribution is -2.03. The summed E-state index contributed by atoms with van der Waals surface area (Å²) in [6, 6.07) is 10.4. The first kappa shape index (κ1) is 14.5. The number of benzene rings is 2. The molecule has 2 aromatic carbocycles. The maximum absolute atomic E-state index is 12.5. The summed E-state index contributed by atoms with van der Waals surface area (Å²) in [5, 5.41) is 0.709. The predicted octanol–water partition coefficient (Wildman–Crippen LogP) is 3.99. The van der Waals surface area contributed by atoms with E-state index in [0.29, 0.717) is 28.0 Å². The number of rotatable bonds is 4. The predicted molar refractivity (Wildman–Crippen MR) is 78.8 cm³/mol. The van der Waals surface area contributed by atoms with Gasteiger partial charge in [0.05, 0.1) is 0 Å². The lowest BCUT2D eigenvalue weighted by atomic mass is 10.1. The monoisotopic (exact) mass is 332 g/mol. The van der Waals surface area contributed by atoms with Gasteiger partial charge in [0, 0.05) is 17.0 Å². The van der Waals surface area contributed by atoms with Crippen molar-refractivity contribution in [3.8, 4) is 17.2 Å². The highest BCUT2D eigenvalue weighted by molar-refractivity contribution is 6.09. The normalized spacial score (nSPS) is 12.8. The zero-order valence-corrected chi connectivity index (χ0v) is 12.1. The number of furan rings is 1. The molecule has 1 aromatic heterocycles. The average molecular weight is 332 g/mol. The highest BCUT2D eigenvalue weighted by atomic mass is 19.3. The Morgan fingerprint density at radius 2 is 1.75 bits per heavy atom. The molecule has 0 amide bonds. The van der Waals surface area contributed by atoms with Gasteiger partial charge in [-0.15, -0.1) is 0 Å². The van der Waals surface area contributed by atoms with E-state index < -0.39 is 6.61 Å². The molecule has 0 spiro atoms. The second-order valence-electron chi connectivity index (χ2n) is 5.09. The van der Waals surface area contributed by atoms with E-state index in [1.54, 1.807) is 18.2 Å². The molecule has 0 unspecified atom stereocenters. The molecule has 4 rings (SSSR count). The van der Waals surface area contributed by atoms with E-state index in [9.17, 15) is 13.6 Å². The lowest BCUT2D eigenvalue weighted by molar-refractivity contribution is -0.0498. The number of carbonyl (C=O) groups excluding carboxylic acids is 1. The van der Waals surface area contributed by atoms with Gasteiger partial charge in [-0.05, 0) is 36.4 Å². The summed E-state index contributed by atoms with van der Waals surface area (Å²) >= 11 is 0. The number of halogens is 2. The van der Waals surface area contributed by atoms with Crippen LogP contribution in [0.2, 0.25) is 0 Å². The van der Waals surface area contributed by atoms with Gasteiger partial charge in [0.2, 0.25) is 12.6 Å². The van der Waals surface area contributed by atoms with Crippen molar-refractivity contribution in [2.75, 3.05) is 6.79 Å². The van der Waals surface area contributed by atoms with Crippen molar-refractivity contribution in [3.05, 3.63) is 53.8 Å². The Morgan fingerprint density at radius 1 is 1.04 bits per heavy atom. The molecule has 7 heteroatoms.